The van der Waals surface area contributed by atoms with Crippen molar-refractivity contribution in [2.75, 3.05) is 0 Å². The first-order chi connectivity index (χ1) is 10.9. The molecule has 0 N–H and O–H groups in total. The average Bonchev–Trinajstić information content (AvgIpc) is 2.46. The van der Waals surface area contributed by atoms with Gasteiger partial charge in [-0.25, -0.2) is 9.78 Å². The average molecular weight is 327 g/mol. The number of rotatable bonds is 6. The van der Waals surface area contributed by atoms with E-state index in [0.29, 0.717) is 23.7 Å². The highest BCUT2D eigenvalue weighted by Gasteiger charge is 2.35. The Bertz CT molecular complexity index is 310. The van der Waals surface area contributed by atoms with E-state index in [9.17, 15) is 0 Å². The Morgan fingerprint density at radius 2 is 1.04 bits per heavy atom. The molecule has 2 aliphatic rings. The van der Waals surface area contributed by atoms with E-state index in [-0.39, 0.29) is 12.2 Å². The van der Waals surface area contributed by atoms with E-state index in [0.717, 1.165) is 24.7 Å². The van der Waals surface area contributed by atoms with Crippen LogP contribution in [0.1, 0.15) is 80.1 Å². The van der Waals surface area contributed by atoms with Crippen LogP contribution in [0.25, 0.3) is 0 Å². The summed E-state index contributed by atoms with van der Waals surface area (Å²) in [5.74, 6) is 3.87. The lowest BCUT2D eigenvalue weighted by Gasteiger charge is -2.37. The molecule has 23 heavy (non-hydrogen) atoms. The van der Waals surface area contributed by atoms with Gasteiger partial charge in [0.15, 0.2) is 0 Å². The third kappa shape index (κ3) is 5.44. The minimum Gasteiger partial charge on any atom is -0.203 e. The van der Waals surface area contributed by atoms with Gasteiger partial charge in [0, 0.05) is 0 Å². The second-order valence-corrected chi connectivity index (χ2v) is 8.99. The fourth-order valence-electron chi connectivity index (χ4n) is 4.57. The van der Waals surface area contributed by atoms with E-state index in [1.807, 2.05) is 0 Å². The van der Waals surface area contributed by atoms with Crippen molar-refractivity contribution in [1.82, 2.24) is 0 Å². The normalized spacial score (nSPS) is 39.1. The number of hydrogen-bond acceptors (Lipinski definition) is 3. The lowest BCUT2D eigenvalue weighted by atomic mass is 9.75. The van der Waals surface area contributed by atoms with E-state index < -0.39 is 0 Å². The van der Waals surface area contributed by atoms with E-state index in [2.05, 4.69) is 41.5 Å². The maximum atomic E-state index is 5.77. The van der Waals surface area contributed by atoms with Gasteiger partial charge in [0.25, 0.3) is 0 Å². The summed E-state index contributed by atoms with van der Waals surface area (Å²) in [5.41, 5.74) is 0. The molecule has 0 bridgehead atoms. The monoisotopic (exact) mass is 326 g/mol. The first-order valence-electron chi connectivity index (χ1n) is 9.87. The topological polar surface area (TPSA) is 27.7 Å². The molecule has 2 fully saturated rings. The molecule has 0 saturated heterocycles. The van der Waals surface area contributed by atoms with Crippen molar-refractivity contribution in [3.8, 4) is 0 Å². The van der Waals surface area contributed by atoms with Gasteiger partial charge in [-0.05, 0) is 61.2 Å². The van der Waals surface area contributed by atoms with Gasteiger partial charge in [0.2, 0.25) is 0 Å². The summed E-state index contributed by atoms with van der Waals surface area (Å²) >= 11 is 0. The van der Waals surface area contributed by atoms with Crippen LogP contribution in [0.3, 0.4) is 0 Å². The molecular weight excluding hydrogens is 288 g/mol. The van der Waals surface area contributed by atoms with E-state index in [4.69, 9.17) is 14.8 Å². The van der Waals surface area contributed by atoms with Crippen LogP contribution in [0.2, 0.25) is 0 Å². The fraction of sp³-hybridized carbons (Fsp3) is 1.00. The Balaban J connectivity index is 1.83. The fourth-order valence-corrected chi connectivity index (χ4v) is 4.57. The molecule has 3 heteroatoms. The molecule has 0 aliphatic heterocycles. The van der Waals surface area contributed by atoms with Crippen molar-refractivity contribution < 1.29 is 14.8 Å². The molecule has 0 amide bonds. The molecule has 0 aromatic rings. The van der Waals surface area contributed by atoms with Crippen LogP contribution < -0.4 is 0 Å². The first kappa shape index (κ1) is 19.2. The molecule has 2 rings (SSSR count). The third-order valence-electron chi connectivity index (χ3n) is 6.25. The molecule has 2 saturated carbocycles. The number of hydrogen-bond donors (Lipinski definition) is 0. The quantitative estimate of drug-likeness (QED) is 0.457. The molecule has 136 valence electrons. The molecule has 6 atom stereocenters. The van der Waals surface area contributed by atoms with Crippen molar-refractivity contribution >= 4 is 0 Å². The van der Waals surface area contributed by atoms with Gasteiger partial charge in [-0.1, -0.05) is 59.4 Å². The standard InChI is InChI=1S/C20H38O3/c1-13(2)17-9-7-15(5)11-19(17)21-23-22-20-12-16(6)8-10-18(20)14(3)4/h13-20H,7-12H2,1-6H3. The maximum absolute atomic E-state index is 5.77. The van der Waals surface area contributed by atoms with Gasteiger partial charge in [-0.3, -0.25) is 0 Å². The predicted octanol–water partition coefficient (Wildman–Crippen LogP) is 5.79. The molecule has 6 unspecified atom stereocenters. The van der Waals surface area contributed by atoms with Crippen molar-refractivity contribution in [2.24, 2.45) is 35.5 Å². The van der Waals surface area contributed by atoms with Crippen molar-refractivity contribution in [2.45, 2.75) is 92.3 Å². The van der Waals surface area contributed by atoms with Gasteiger partial charge in [-0.15, -0.1) is 0 Å². The van der Waals surface area contributed by atoms with Crippen molar-refractivity contribution in [1.29, 1.82) is 0 Å². The first-order valence-corrected chi connectivity index (χ1v) is 9.87. The molecular formula is C20H38O3. The van der Waals surface area contributed by atoms with Crippen LogP contribution in [-0.4, -0.2) is 12.2 Å². The molecule has 0 radical (unpaired) electrons. The van der Waals surface area contributed by atoms with Crippen LogP contribution in [0.15, 0.2) is 0 Å². The van der Waals surface area contributed by atoms with Crippen LogP contribution in [0, 0.1) is 35.5 Å². The lowest BCUT2D eigenvalue weighted by molar-refractivity contribution is -0.550. The summed E-state index contributed by atoms with van der Waals surface area (Å²) in [7, 11) is 0. The largest absolute Gasteiger partial charge is 0.203 e. The molecule has 0 aromatic carbocycles. The molecule has 0 aromatic heterocycles. The van der Waals surface area contributed by atoms with E-state index in [1.165, 1.54) is 25.7 Å². The van der Waals surface area contributed by atoms with Gasteiger partial charge < -0.3 is 0 Å². The van der Waals surface area contributed by atoms with Crippen LogP contribution in [0.5, 0.6) is 0 Å². The zero-order valence-electron chi connectivity index (χ0n) is 16.1. The van der Waals surface area contributed by atoms with Crippen LogP contribution in [-0.2, 0) is 14.8 Å². The Morgan fingerprint density at radius 3 is 1.39 bits per heavy atom. The van der Waals surface area contributed by atoms with E-state index >= 15 is 0 Å². The van der Waals surface area contributed by atoms with Gasteiger partial charge in [0.05, 0.1) is 12.2 Å². The van der Waals surface area contributed by atoms with Crippen LogP contribution in [0.4, 0.5) is 0 Å². The van der Waals surface area contributed by atoms with Crippen molar-refractivity contribution in [3.05, 3.63) is 0 Å². The second kappa shape index (κ2) is 8.82. The lowest BCUT2D eigenvalue weighted by Crippen LogP contribution is -2.37. The minimum atomic E-state index is 0.178. The molecule has 0 spiro atoms. The zero-order chi connectivity index (χ0) is 17.0. The Kier molecular flexibility index (Phi) is 7.37. The molecule has 3 nitrogen and oxygen atoms in total. The van der Waals surface area contributed by atoms with Gasteiger partial charge in [-0.2, -0.15) is 0 Å². The second-order valence-electron chi connectivity index (χ2n) is 8.99. The summed E-state index contributed by atoms with van der Waals surface area (Å²) < 4.78 is 0. The highest BCUT2D eigenvalue weighted by Crippen LogP contribution is 2.37. The van der Waals surface area contributed by atoms with Gasteiger partial charge in [0.1, 0.15) is 0 Å². The molecule has 0 heterocycles. The minimum absolute atomic E-state index is 0.178. The highest BCUT2D eigenvalue weighted by atomic mass is 17.5. The van der Waals surface area contributed by atoms with Gasteiger partial charge >= 0.3 is 0 Å². The Labute approximate surface area is 143 Å². The Morgan fingerprint density at radius 1 is 0.652 bits per heavy atom. The Hall–Kier alpha value is -0.120. The zero-order valence-corrected chi connectivity index (χ0v) is 16.1. The summed E-state index contributed by atoms with van der Waals surface area (Å²) in [4.78, 5) is 11.5. The maximum Gasteiger partial charge on any atom is 0.0994 e. The van der Waals surface area contributed by atoms with Crippen molar-refractivity contribution in [3.63, 3.8) is 0 Å². The van der Waals surface area contributed by atoms with Crippen LogP contribution >= 0.6 is 0 Å². The molecule has 2 aliphatic carbocycles. The highest BCUT2D eigenvalue weighted by molar-refractivity contribution is 4.81. The predicted molar refractivity (Wildman–Crippen MR) is 93.5 cm³/mol. The smallest absolute Gasteiger partial charge is 0.0994 e. The summed E-state index contributed by atoms with van der Waals surface area (Å²) in [5, 5.41) is 5.37. The SMILES string of the molecule is CC1CCC(C(C)C)C(OOOC2CC(C)CCC2C(C)C)C1. The third-order valence-corrected chi connectivity index (χ3v) is 6.25. The summed E-state index contributed by atoms with van der Waals surface area (Å²) in [6.07, 6.45) is 7.61. The summed E-state index contributed by atoms with van der Waals surface area (Å²) in [6, 6.07) is 0. The summed E-state index contributed by atoms with van der Waals surface area (Å²) in [6.45, 7) is 13.8. The van der Waals surface area contributed by atoms with E-state index in [1.54, 1.807) is 0 Å².